The van der Waals surface area contributed by atoms with Crippen LogP contribution in [0.2, 0.25) is 0 Å². The summed E-state index contributed by atoms with van der Waals surface area (Å²) in [6.45, 7) is 13.3. The van der Waals surface area contributed by atoms with Crippen LogP contribution in [0.25, 0.3) is 0 Å². The van der Waals surface area contributed by atoms with Crippen molar-refractivity contribution in [3.63, 3.8) is 0 Å². The molecule has 0 heterocycles. The first-order valence-electron chi connectivity index (χ1n) is 6.37. The van der Waals surface area contributed by atoms with Crippen LogP contribution in [0.3, 0.4) is 0 Å². The van der Waals surface area contributed by atoms with Gasteiger partial charge in [-0.25, -0.2) is 0 Å². The van der Waals surface area contributed by atoms with E-state index >= 15 is 0 Å². The Morgan fingerprint density at radius 3 is 1.71 bits per heavy atom. The maximum atomic E-state index is 4.08. The van der Waals surface area contributed by atoms with E-state index in [9.17, 15) is 0 Å². The summed E-state index contributed by atoms with van der Waals surface area (Å²) in [5, 5.41) is 0. The minimum atomic E-state index is 0.616. The molecular weight excluding hydrogens is 168 g/mol. The van der Waals surface area contributed by atoms with Crippen LogP contribution in [0.15, 0.2) is 0 Å². The van der Waals surface area contributed by atoms with E-state index in [0.717, 1.165) is 11.8 Å². The second kappa shape index (κ2) is 8.32. The molecule has 0 aliphatic heterocycles. The van der Waals surface area contributed by atoms with Gasteiger partial charge in [-0.15, -0.1) is 0 Å². The van der Waals surface area contributed by atoms with Crippen LogP contribution < -0.4 is 0 Å². The summed E-state index contributed by atoms with van der Waals surface area (Å²) in [7, 11) is 0. The zero-order chi connectivity index (χ0) is 11.0. The van der Waals surface area contributed by atoms with Gasteiger partial charge in [-0.1, -0.05) is 73.1 Å². The first-order chi connectivity index (χ1) is 6.54. The van der Waals surface area contributed by atoms with E-state index in [2.05, 4.69) is 34.6 Å². The zero-order valence-corrected chi connectivity index (χ0v) is 10.7. The van der Waals surface area contributed by atoms with E-state index in [1.807, 2.05) is 0 Å². The highest BCUT2D eigenvalue weighted by Gasteiger charge is 2.05. The number of hydrogen-bond donors (Lipinski definition) is 0. The van der Waals surface area contributed by atoms with Gasteiger partial charge in [0.05, 0.1) is 0 Å². The molecule has 0 nitrogen and oxygen atoms in total. The molecule has 2 atom stereocenters. The fraction of sp³-hybridized carbons (Fsp3) is 0.929. The van der Waals surface area contributed by atoms with Gasteiger partial charge in [0.1, 0.15) is 0 Å². The third kappa shape index (κ3) is 8.59. The van der Waals surface area contributed by atoms with E-state index in [4.69, 9.17) is 0 Å². The SMILES string of the molecule is [CH2]C(C)C(C)CCCCCCC(C)C. The van der Waals surface area contributed by atoms with Crippen LogP contribution in [0.4, 0.5) is 0 Å². The summed E-state index contributed by atoms with van der Waals surface area (Å²) in [5.41, 5.74) is 0. The van der Waals surface area contributed by atoms with Gasteiger partial charge in [0.15, 0.2) is 0 Å². The van der Waals surface area contributed by atoms with Crippen LogP contribution in [0.1, 0.15) is 66.2 Å². The largest absolute Gasteiger partial charge is 0.0628 e. The summed E-state index contributed by atoms with van der Waals surface area (Å²) in [6, 6.07) is 0. The molecule has 0 aromatic carbocycles. The molecule has 14 heavy (non-hydrogen) atoms. The van der Waals surface area contributed by atoms with Crippen molar-refractivity contribution >= 4 is 0 Å². The Labute approximate surface area is 91.5 Å². The van der Waals surface area contributed by atoms with Crippen molar-refractivity contribution in [2.75, 3.05) is 0 Å². The normalized spacial score (nSPS) is 13.9. The Balaban J connectivity index is 3.13. The van der Waals surface area contributed by atoms with Crippen LogP contribution in [-0.4, -0.2) is 0 Å². The molecule has 0 aromatic heterocycles. The number of hydrogen-bond acceptors (Lipinski definition) is 0. The summed E-state index contributed by atoms with van der Waals surface area (Å²) in [5.74, 6) is 2.31. The van der Waals surface area contributed by atoms with Crippen LogP contribution >= 0.6 is 0 Å². The standard InChI is InChI=1S/C14H29/c1-12(2)10-8-6-7-9-11-14(5)13(3)4/h12-14H,3,6-11H2,1-2,4-5H3. The molecule has 0 amide bonds. The molecule has 2 unspecified atom stereocenters. The van der Waals surface area contributed by atoms with Crippen molar-refractivity contribution < 1.29 is 0 Å². The monoisotopic (exact) mass is 197 g/mol. The lowest BCUT2D eigenvalue weighted by Crippen LogP contribution is -2.03. The van der Waals surface area contributed by atoms with Crippen molar-refractivity contribution in [1.29, 1.82) is 0 Å². The van der Waals surface area contributed by atoms with Gasteiger partial charge in [0.25, 0.3) is 0 Å². The van der Waals surface area contributed by atoms with E-state index in [1.54, 1.807) is 0 Å². The Morgan fingerprint density at radius 2 is 1.29 bits per heavy atom. The van der Waals surface area contributed by atoms with E-state index in [-0.39, 0.29) is 0 Å². The predicted molar refractivity (Wildman–Crippen MR) is 66.2 cm³/mol. The van der Waals surface area contributed by atoms with Crippen molar-refractivity contribution in [1.82, 2.24) is 0 Å². The molecule has 0 fully saturated rings. The molecule has 0 bridgehead atoms. The van der Waals surface area contributed by atoms with Gasteiger partial charge in [-0.3, -0.25) is 0 Å². The Hall–Kier alpha value is 0. The molecule has 0 aromatic rings. The maximum Gasteiger partial charge on any atom is -0.0417 e. The van der Waals surface area contributed by atoms with Crippen molar-refractivity contribution in [2.45, 2.75) is 66.2 Å². The molecule has 0 aliphatic rings. The number of unbranched alkanes of at least 4 members (excludes halogenated alkanes) is 3. The summed E-state index contributed by atoms with van der Waals surface area (Å²) in [6.07, 6.45) is 8.44. The average Bonchev–Trinajstić information content (AvgIpc) is 2.09. The molecule has 0 N–H and O–H groups in total. The second-order valence-corrected chi connectivity index (χ2v) is 5.34. The van der Waals surface area contributed by atoms with Gasteiger partial charge in [-0.2, -0.15) is 0 Å². The molecule has 0 saturated heterocycles. The zero-order valence-electron chi connectivity index (χ0n) is 10.7. The highest BCUT2D eigenvalue weighted by atomic mass is 14.1. The fourth-order valence-electron chi connectivity index (χ4n) is 1.66. The third-order valence-electron chi connectivity index (χ3n) is 3.16. The minimum Gasteiger partial charge on any atom is -0.0628 e. The molecule has 0 heteroatoms. The highest BCUT2D eigenvalue weighted by Crippen LogP contribution is 2.18. The maximum absolute atomic E-state index is 4.08. The predicted octanol–water partition coefficient (Wildman–Crippen LogP) is 5.09. The van der Waals surface area contributed by atoms with Gasteiger partial charge in [-0.05, 0) is 17.8 Å². The Bertz CT molecular complexity index is 113. The lowest BCUT2D eigenvalue weighted by Gasteiger charge is -2.14. The van der Waals surface area contributed by atoms with Crippen molar-refractivity contribution in [3.8, 4) is 0 Å². The lowest BCUT2D eigenvalue weighted by molar-refractivity contribution is 0.400. The summed E-state index contributed by atoms with van der Waals surface area (Å²) >= 11 is 0. The first-order valence-corrected chi connectivity index (χ1v) is 6.37. The van der Waals surface area contributed by atoms with Gasteiger partial charge in [0, 0.05) is 0 Å². The first kappa shape index (κ1) is 14.0. The Morgan fingerprint density at radius 1 is 0.786 bits per heavy atom. The summed E-state index contributed by atoms with van der Waals surface area (Å²) < 4.78 is 0. The van der Waals surface area contributed by atoms with E-state index < -0.39 is 0 Å². The molecule has 85 valence electrons. The van der Waals surface area contributed by atoms with Crippen molar-refractivity contribution in [2.24, 2.45) is 17.8 Å². The topological polar surface area (TPSA) is 0 Å². The molecule has 0 aliphatic carbocycles. The highest BCUT2D eigenvalue weighted by molar-refractivity contribution is 4.63. The molecule has 0 rings (SSSR count). The number of rotatable bonds is 8. The quantitative estimate of drug-likeness (QED) is 0.475. The van der Waals surface area contributed by atoms with E-state index in [0.29, 0.717) is 5.92 Å². The molecule has 0 spiro atoms. The second-order valence-electron chi connectivity index (χ2n) is 5.34. The van der Waals surface area contributed by atoms with Crippen molar-refractivity contribution in [3.05, 3.63) is 6.92 Å². The van der Waals surface area contributed by atoms with Gasteiger partial charge >= 0.3 is 0 Å². The van der Waals surface area contributed by atoms with Crippen LogP contribution in [0, 0.1) is 24.7 Å². The molecular formula is C14H29. The molecule has 0 saturated carbocycles. The Kier molecular flexibility index (Phi) is 8.32. The lowest BCUT2D eigenvalue weighted by atomic mass is 9.92. The molecule has 1 radical (unpaired) electrons. The third-order valence-corrected chi connectivity index (χ3v) is 3.16. The summed E-state index contributed by atoms with van der Waals surface area (Å²) in [4.78, 5) is 0. The fourth-order valence-corrected chi connectivity index (χ4v) is 1.66. The van der Waals surface area contributed by atoms with Crippen LogP contribution in [0.5, 0.6) is 0 Å². The minimum absolute atomic E-state index is 0.616. The van der Waals surface area contributed by atoms with Gasteiger partial charge < -0.3 is 0 Å². The van der Waals surface area contributed by atoms with E-state index in [1.165, 1.54) is 38.5 Å². The average molecular weight is 197 g/mol. The van der Waals surface area contributed by atoms with Gasteiger partial charge in [0.2, 0.25) is 0 Å². The van der Waals surface area contributed by atoms with Crippen LogP contribution in [-0.2, 0) is 0 Å². The smallest absolute Gasteiger partial charge is 0.0417 e.